The molecular formula is C9H10BrF2NO. The maximum absolute atomic E-state index is 11.9. The summed E-state index contributed by atoms with van der Waals surface area (Å²) in [4.78, 5) is 0. The van der Waals surface area contributed by atoms with Crippen molar-refractivity contribution in [1.29, 1.82) is 0 Å². The molecule has 0 aliphatic carbocycles. The molecular weight excluding hydrogens is 256 g/mol. The van der Waals surface area contributed by atoms with Crippen LogP contribution in [0.4, 0.5) is 8.78 Å². The van der Waals surface area contributed by atoms with Gasteiger partial charge in [-0.05, 0) is 12.1 Å². The normalized spacial score (nSPS) is 10.6. The van der Waals surface area contributed by atoms with Crippen molar-refractivity contribution in [2.75, 3.05) is 6.61 Å². The van der Waals surface area contributed by atoms with Crippen molar-refractivity contribution in [2.45, 2.75) is 13.0 Å². The highest BCUT2D eigenvalue weighted by atomic mass is 79.9. The summed E-state index contributed by atoms with van der Waals surface area (Å²) in [6.07, 6.45) is -2.47. The number of halogens is 3. The molecule has 1 aromatic carbocycles. The van der Waals surface area contributed by atoms with Crippen molar-refractivity contribution >= 4 is 15.9 Å². The molecule has 0 amide bonds. The van der Waals surface area contributed by atoms with Crippen molar-refractivity contribution in [3.63, 3.8) is 0 Å². The fourth-order valence-electron chi connectivity index (χ4n) is 0.984. The van der Waals surface area contributed by atoms with Gasteiger partial charge in [0.25, 0.3) is 6.43 Å². The molecule has 5 heteroatoms. The summed E-state index contributed by atoms with van der Waals surface area (Å²) in [6.45, 7) is -0.338. The van der Waals surface area contributed by atoms with E-state index >= 15 is 0 Å². The average Bonchev–Trinajstić information content (AvgIpc) is 2.15. The quantitative estimate of drug-likeness (QED) is 0.908. The minimum Gasteiger partial charge on any atom is -0.487 e. The number of hydrogen-bond acceptors (Lipinski definition) is 2. The van der Waals surface area contributed by atoms with Crippen LogP contribution >= 0.6 is 15.9 Å². The largest absolute Gasteiger partial charge is 0.487 e. The molecule has 0 bridgehead atoms. The van der Waals surface area contributed by atoms with Gasteiger partial charge in [-0.25, -0.2) is 8.78 Å². The molecule has 0 spiro atoms. The van der Waals surface area contributed by atoms with Gasteiger partial charge in [0.1, 0.15) is 12.4 Å². The zero-order valence-electron chi connectivity index (χ0n) is 7.34. The monoisotopic (exact) mass is 265 g/mol. The van der Waals surface area contributed by atoms with Crippen LogP contribution in [0.1, 0.15) is 5.56 Å². The number of rotatable bonds is 4. The predicted molar refractivity (Wildman–Crippen MR) is 53.5 cm³/mol. The Balaban J connectivity index is 2.77. The molecule has 0 fully saturated rings. The van der Waals surface area contributed by atoms with Gasteiger partial charge in [-0.1, -0.05) is 22.0 Å². The highest BCUT2D eigenvalue weighted by Crippen LogP contribution is 2.23. The van der Waals surface area contributed by atoms with E-state index in [9.17, 15) is 8.78 Å². The molecule has 0 aliphatic rings. The van der Waals surface area contributed by atoms with Crippen molar-refractivity contribution < 1.29 is 13.5 Å². The van der Waals surface area contributed by atoms with Crippen LogP contribution in [0.25, 0.3) is 0 Å². The minimum atomic E-state index is -2.47. The van der Waals surface area contributed by atoms with E-state index in [0.717, 1.165) is 4.47 Å². The van der Waals surface area contributed by atoms with E-state index in [2.05, 4.69) is 15.9 Å². The second-order valence-corrected chi connectivity index (χ2v) is 3.57. The topological polar surface area (TPSA) is 35.2 Å². The Bertz CT molecular complexity index is 307. The van der Waals surface area contributed by atoms with E-state index in [1.807, 2.05) is 0 Å². The Morgan fingerprint density at radius 3 is 2.71 bits per heavy atom. The highest BCUT2D eigenvalue weighted by Gasteiger charge is 2.07. The maximum Gasteiger partial charge on any atom is 0.272 e. The van der Waals surface area contributed by atoms with E-state index in [-0.39, 0.29) is 6.54 Å². The molecule has 0 saturated heterocycles. The first-order valence-electron chi connectivity index (χ1n) is 4.03. The molecule has 0 unspecified atom stereocenters. The van der Waals surface area contributed by atoms with Gasteiger partial charge in [-0.2, -0.15) is 0 Å². The van der Waals surface area contributed by atoms with Crippen molar-refractivity contribution in [2.24, 2.45) is 5.73 Å². The van der Waals surface area contributed by atoms with Crippen LogP contribution in [0.3, 0.4) is 0 Å². The van der Waals surface area contributed by atoms with E-state index in [1.165, 1.54) is 0 Å². The smallest absolute Gasteiger partial charge is 0.272 e. The summed E-state index contributed by atoms with van der Waals surface area (Å²) in [5.41, 5.74) is 6.14. The van der Waals surface area contributed by atoms with Gasteiger partial charge in [0.2, 0.25) is 0 Å². The van der Waals surface area contributed by atoms with Crippen LogP contribution in [0.15, 0.2) is 22.7 Å². The van der Waals surface area contributed by atoms with Crippen LogP contribution in [0.2, 0.25) is 0 Å². The van der Waals surface area contributed by atoms with Crippen molar-refractivity contribution in [3.8, 4) is 5.75 Å². The van der Waals surface area contributed by atoms with Crippen LogP contribution in [0, 0.1) is 0 Å². The second kappa shape index (κ2) is 5.26. The Morgan fingerprint density at radius 1 is 1.43 bits per heavy atom. The Kier molecular flexibility index (Phi) is 4.28. The maximum atomic E-state index is 11.9. The zero-order chi connectivity index (χ0) is 10.6. The average molecular weight is 266 g/mol. The fraction of sp³-hybridized carbons (Fsp3) is 0.333. The first-order chi connectivity index (χ1) is 6.63. The molecule has 2 N–H and O–H groups in total. The Morgan fingerprint density at radius 2 is 2.14 bits per heavy atom. The molecule has 2 nitrogen and oxygen atoms in total. The number of ether oxygens (including phenoxy) is 1. The van der Waals surface area contributed by atoms with Gasteiger partial charge in [0.05, 0.1) is 0 Å². The molecule has 0 aliphatic heterocycles. The van der Waals surface area contributed by atoms with Gasteiger partial charge in [-0.3, -0.25) is 0 Å². The summed E-state index contributed by atoms with van der Waals surface area (Å²) < 4.78 is 29.5. The lowest BCUT2D eigenvalue weighted by Gasteiger charge is -2.10. The van der Waals surface area contributed by atoms with Crippen LogP contribution in [-0.2, 0) is 6.54 Å². The molecule has 78 valence electrons. The van der Waals surface area contributed by atoms with Gasteiger partial charge in [0, 0.05) is 16.6 Å². The number of nitrogens with two attached hydrogens (primary N) is 1. The van der Waals surface area contributed by atoms with Crippen molar-refractivity contribution in [3.05, 3.63) is 28.2 Å². The molecule has 1 rings (SSSR count). The van der Waals surface area contributed by atoms with E-state index in [1.54, 1.807) is 18.2 Å². The third-order valence-electron chi connectivity index (χ3n) is 1.61. The summed E-state index contributed by atoms with van der Waals surface area (Å²) in [5, 5.41) is 0. The molecule has 14 heavy (non-hydrogen) atoms. The van der Waals surface area contributed by atoms with Crippen LogP contribution < -0.4 is 10.5 Å². The summed E-state index contributed by atoms with van der Waals surface area (Å²) in [5.74, 6) is 0.405. The predicted octanol–water partition coefficient (Wildman–Crippen LogP) is 2.55. The van der Waals surface area contributed by atoms with Gasteiger partial charge in [0.15, 0.2) is 0 Å². The second-order valence-electron chi connectivity index (χ2n) is 2.66. The summed E-state index contributed by atoms with van der Waals surface area (Å²) in [6, 6.07) is 5.16. The molecule has 0 heterocycles. The Hall–Kier alpha value is -0.680. The fourth-order valence-corrected chi connectivity index (χ4v) is 1.32. The first kappa shape index (κ1) is 11.4. The number of hydrogen-bond donors (Lipinski definition) is 1. The third kappa shape index (κ3) is 3.23. The minimum absolute atomic E-state index is 0.270. The SMILES string of the molecule is NCc1ccc(Br)cc1OCC(F)F. The number of alkyl halides is 2. The lowest BCUT2D eigenvalue weighted by molar-refractivity contribution is 0.0814. The van der Waals surface area contributed by atoms with E-state index in [4.69, 9.17) is 10.5 Å². The van der Waals surface area contributed by atoms with E-state index in [0.29, 0.717) is 11.3 Å². The first-order valence-corrected chi connectivity index (χ1v) is 4.82. The summed E-state index contributed by atoms with van der Waals surface area (Å²) >= 11 is 3.22. The molecule has 0 saturated carbocycles. The molecule has 0 atom stereocenters. The van der Waals surface area contributed by atoms with Crippen molar-refractivity contribution in [1.82, 2.24) is 0 Å². The summed E-state index contributed by atoms with van der Waals surface area (Å²) in [7, 11) is 0. The van der Waals surface area contributed by atoms with Crippen LogP contribution in [-0.4, -0.2) is 13.0 Å². The van der Waals surface area contributed by atoms with Crippen LogP contribution in [0.5, 0.6) is 5.75 Å². The molecule has 1 aromatic rings. The van der Waals surface area contributed by atoms with E-state index < -0.39 is 13.0 Å². The number of benzene rings is 1. The molecule has 0 radical (unpaired) electrons. The lowest BCUT2D eigenvalue weighted by atomic mass is 10.2. The zero-order valence-corrected chi connectivity index (χ0v) is 8.93. The third-order valence-corrected chi connectivity index (χ3v) is 2.11. The highest BCUT2D eigenvalue weighted by molar-refractivity contribution is 9.10. The lowest BCUT2D eigenvalue weighted by Crippen LogP contribution is -2.09. The van der Waals surface area contributed by atoms with Gasteiger partial charge >= 0.3 is 0 Å². The van der Waals surface area contributed by atoms with Gasteiger partial charge < -0.3 is 10.5 Å². The Labute approximate surface area is 89.2 Å². The van der Waals surface area contributed by atoms with Gasteiger partial charge in [-0.15, -0.1) is 0 Å². The standard InChI is InChI=1S/C9H10BrF2NO/c10-7-2-1-6(4-13)8(3-7)14-5-9(11)12/h1-3,9H,4-5,13H2. The molecule has 0 aromatic heterocycles.